The van der Waals surface area contributed by atoms with Gasteiger partial charge in [0.05, 0.1) is 30.8 Å². The van der Waals surface area contributed by atoms with Crippen LogP contribution in [0.4, 0.5) is 0 Å². The van der Waals surface area contributed by atoms with Gasteiger partial charge in [-0.1, -0.05) is 32.1 Å². The van der Waals surface area contributed by atoms with Crippen LogP contribution in [0.1, 0.15) is 87.0 Å². The summed E-state index contributed by atoms with van der Waals surface area (Å²) in [6, 6.07) is -0.772. The van der Waals surface area contributed by atoms with Gasteiger partial charge in [-0.25, -0.2) is 0 Å². The summed E-state index contributed by atoms with van der Waals surface area (Å²) in [6.45, 7) is 11.0. The predicted molar refractivity (Wildman–Crippen MR) is 201 cm³/mol. The van der Waals surface area contributed by atoms with Crippen molar-refractivity contribution in [3.05, 3.63) is 24.3 Å². The number of hydrogen-bond acceptors (Lipinski definition) is 16. The highest BCUT2D eigenvalue weighted by atomic mass is 16.7. The van der Waals surface area contributed by atoms with Crippen molar-refractivity contribution in [2.75, 3.05) is 27.8 Å². The fraction of sp³-hybridized carbons (Fsp3) is 0.800. The first kappa shape index (κ1) is 47.6. The molecule has 0 aliphatic carbocycles. The second kappa shape index (κ2) is 21.8. The largest absolute Gasteiger partial charge is 0.462 e. The summed E-state index contributed by atoms with van der Waals surface area (Å²) in [6.07, 6.45) is -3.99. The Hall–Kier alpha value is -2.80. The van der Waals surface area contributed by atoms with E-state index in [-0.39, 0.29) is 38.1 Å². The van der Waals surface area contributed by atoms with Gasteiger partial charge < -0.3 is 58.1 Å². The van der Waals surface area contributed by atoms with Crippen LogP contribution >= 0.6 is 0 Å². The van der Waals surface area contributed by atoms with Gasteiger partial charge in [0.25, 0.3) is 0 Å². The number of methoxy groups -OCH3 is 1. The lowest BCUT2D eigenvalue weighted by atomic mass is 9.82. The molecule has 3 N–H and O–H groups in total. The Labute approximate surface area is 330 Å². The van der Waals surface area contributed by atoms with Crippen LogP contribution in [0.3, 0.4) is 0 Å². The van der Waals surface area contributed by atoms with Gasteiger partial charge in [-0.2, -0.15) is 0 Å². The fourth-order valence-electron chi connectivity index (χ4n) is 7.77. The standard InChI is InChI=1S/C40H65NO15/c1-11-30(45)54-38-25(5)51-32(21-40(38,7)48)55-35-24(4)52-39(34(47)33(35)41(8)9)56-36-27(17-18-42)19-22(2)28(44)16-14-12-13-15-23(3)50-31(46)20-29(37(36)49-10)53-26(6)43/h12-14,16,22-25,27,29,32-39,42,47-48H,11,15,17-21H2,1-10H3. The van der Waals surface area contributed by atoms with Crippen LogP contribution in [0, 0.1) is 11.8 Å². The Morgan fingerprint density at radius 2 is 1.70 bits per heavy atom. The third kappa shape index (κ3) is 13.1. The number of hydrogen-bond donors (Lipinski definition) is 3. The van der Waals surface area contributed by atoms with Gasteiger partial charge in [-0.05, 0) is 66.6 Å². The zero-order valence-electron chi connectivity index (χ0n) is 34.5. The highest BCUT2D eigenvalue weighted by molar-refractivity contribution is 5.91. The minimum Gasteiger partial charge on any atom is -0.462 e. The van der Waals surface area contributed by atoms with Crippen LogP contribution < -0.4 is 0 Å². The molecule has 0 aromatic rings. The molecule has 2 saturated heterocycles. The van der Waals surface area contributed by atoms with Crippen molar-refractivity contribution in [3.63, 3.8) is 0 Å². The Kier molecular flexibility index (Phi) is 18.5. The average molecular weight is 800 g/mol. The molecule has 16 heteroatoms. The summed E-state index contributed by atoms with van der Waals surface area (Å²) >= 11 is 0. The van der Waals surface area contributed by atoms with Gasteiger partial charge >= 0.3 is 17.9 Å². The van der Waals surface area contributed by atoms with Gasteiger partial charge in [0.2, 0.25) is 0 Å². The van der Waals surface area contributed by atoms with Crippen molar-refractivity contribution in [3.8, 4) is 0 Å². The number of ether oxygens (including phenoxy) is 8. The zero-order valence-corrected chi connectivity index (χ0v) is 34.5. The van der Waals surface area contributed by atoms with Crippen LogP contribution in [0.5, 0.6) is 0 Å². The molecule has 0 spiro atoms. The Morgan fingerprint density at radius 1 is 1.00 bits per heavy atom. The van der Waals surface area contributed by atoms with Gasteiger partial charge in [0.1, 0.15) is 36.1 Å². The van der Waals surface area contributed by atoms with Crippen molar-refractivity contribution < 1.29 is 72.4 Å². The molecule has 0 bridgehead atoms. The lowest BCUT2D eigenvalue weighted by Crippen LogP contribution is -2.66. The van der Waals surface area contributed by atoms with Gasteiger partial charge in [0, 0.05) is 45.8 Å². The summed E-state index contributed by atoms with van der Waals surface area (Å²) in [5.41, 5.74) is -1.49. The minimum absolute atomic E-state index is 0.0417. The van der Waals surface area contributed by atoms with Crippen LogP contribution in [0.2, 0.25) is 0 Å². The number of carbonyl (C=O) groups excluding carboxylic acids is 4. The molecule has 15 atom stereocenters. The Balaban J connectivity index is 2.00. The lowest BCUT2D eigenvalue weighted by molar-refractivity contribution is -0.344. The van der Waals surface area contributed by atoms with Crippen molar-refractivity contribution in [2.45, 2.75) is 166 Å². The summed E-state index contributed by atoms with van der Waals surface area (Å²) in [7, 11) is 4.86. The molecule has 320 valence electrons. The van der Waals surface area contributed by atoms with E-state index in [9.17, 15) is 34.5 Å². The topological polar surface area (TPSA) is 206 Å². The van der Waals surface area contributed by atoms with Crippen LogP contribution in [0.25, 0.3) is 0 Å². The van der Waals surface area contributed by atoms with E-state index >= 15 is 0 Å². The maximum absolute atomic E-state index is 13.2. The van der Waals surface area contributed by atoms with E-state index in [4.69, 9.17) is 37.9 Å². The SMILES string of the molecule is CCC(=O)OC1C(C)OC(OC2C(C)OC(OC3C(CCO)CC(C)C(=O)C=CC=CCC(C)OC(=O)CC(OC(C)=O)C3OC)C(O)C2N(C)C)CC1(C)O. The van der Waals surface area contributed by atoms with Crippen molar-refractivity contribution in [1.29, 1.82) is 0 Å². The highest BCUT2D eigenvalue weighted by Crippen LogP contribution is 2.37. The molecule has 0 amide bonds. The molecule has 0 radical (unpaired) electrons. The molecule has 3 aliphatic heterocycles. The molecular weight excluding hydrogens is 734 g/mol. The maximum atomic E-state index is 13.2. The second-order valence-electron chi connectivity index (χ2n) is 15.6. The van der Waals surface area contributed by atoms with E-state index in [1.807, 2.05) is 0 Å². The van der Waals surface area contributed by atoms with Gasteiger partial charge in [-0.15, -0.1) is 0 Å². The number of nitrogens with zero attached hydrogens (tertiary/aromatic N) is 1. The smallest absolute Gasteiger partial charge is 0.309 e. The maximum Gasteiger partial charge on any atom is 0.309 e. The first-order chi connectivity index (χ1) is 26.3. The Morgan fingerprint density at radius 3 is 2.29 bits per heavy atom. The van der Waals surface area contributed by atoms with Crippen molar-refractivity contribution in [2.24, 2.45) is 11.8 Å². The quantitative estimate of drug-likeness (QED) is 0.203. The molecule has 3 heterocycles. The van der Waals surface area contributed by atoms with E-state index in [1.54, 1.807) is 78.8 Å². The summed E-state index contributed by atoms with van der Waals surface area (Å²) < 4.78 is 48.3. The molecular formula is C40H65NO15. The number of cyclic esters (lactones) is 1. The summed E-state index contributed by atoms with van der Waals surface area (Å²) in [5.74, 6) is -3.17. The number of aliphatic hydroxyl groups excluding tert-OH is 2. The van der Waals surface area contributed by atoms with Gasteiger partial charge in [0.15, 0.2) is 24.5 Å². The second-order valence-corrected chi connectivity index (χ2v) is 15.6. The Bertz CT molecular complexity index is 1350. The van der Waals surface area contributed by atoms with E-state index in [2.05, 4.69) is 0 Å². The molecule has 56 heavy (non-hydrogen) atoms. The lowest BCUT2D eigenvalue weighted by Gasteiger charge is -2.50. The molecule has 16 nitrogen and oxygen atoms in total. The van der Waals surface area contributed by atoms with Crippen LogP contribution in [-0.4, -0.2) is 151 Å². The van der Waals surface area contributed by atoms with E-state index < -0.39 is 115 Å². The van der Waals surface area contributed by atoms with E-state index in [0.717, 1.165) is 0 Å². The first-order valence-electron chi connectivity index (χ1n) is 19.6. The third-order valence-corrected chi connectivity index (χ3v) is 10.6. The fourth-order valence-corrected chi connectivity index (χ4v) is 7.77. The van der Waals surface area contributed by atoms with Crippen LogP contribution in [0.15, 0.2) is 24.3 Å². The van der Waals surface area contributed by atoms with Crippen LogP contribution in [-0.2, 0) is 57.1 Å². The minimum atomic E-state index is -1.49. The molecule has 2 fully saturated rings. The highest BCUT2D eigenvalue weighted by Gasteiger charge is 2.53. The number of carbonyl (C=O) groups is 4. The zero-order chi connectivity index (χ0) is 41.9. The predicted octanol–water partition coefficient (Wildman–Crippen LogP) is 2.38. The molecule has 0 saturated carbocycles. The molecule has 3 rings (SSSR count). The van der Waals surface area contributed by atoms with E-state index in [1.165, 1.54) is 20.1 Å². The van der Waals surface area contributed by atoms with Crippen molar-refractivity contribution >= 4 is 23.7 Å². The van der Waals surface area contributed by atoms with E-state index in [0.29, 0.717) is 6.42 Å². The van der Waals surface area contributed by atoms with Gasteiger partial charge in [-0.3, -0.25) is 19.2 Å². The monoisotopic (exact) mass is 799 g/mol. The molecule has 3 aliphatic rings. The number of allylic oxidation sites excluding steroid dienone is 3. The summed E-state index contributed by atoms with van der Waals surface area (Å²) in [4.78, 5) is 52.8. The third-order valence-electron chi connectivity index (χ3n) is 10.6. The molecule has 0 aromatic heterocycles. The molecule has 15 unspecified atom stereocenters. The summed E-state index contributed by atoms with van der Waals surface area (Å²) in [5, 5.41) is 33.6. The molecule has 0 aromatic carbocycles. The first-order valence-corrected chi connectivity index (χ1v) is 19.6. The number of rotatable bonds is 11. The number of likely N-dealkylation sites (N-methyl/N-ethyl adjacent to an activating group) is 1. The number of ketones is 1. The average Bonchev–Trinajstić information content (AvgIpc) is 3.09. The number of aliphatic hydroxyl groups is 3. The number of esters is 3. The van der Waals surface area contributed by atoms with Crippen molar-refractivity contribution in [1.82, 2.24) is 4.90 Å². The normalized spacial score (nSPS) is 39.2.